The highest BCUT2D eigenvalue weighted by Gasteiger charge is 2.37. The van der Waals surface area contributed by atoms with Crippen LogP contribution in [0.25, 0.3) is 0 Å². The van der Waals surface area contributed by atoms with Gasteiger partial charge in [0.05, 0.1) is 12.2 Å². The van der Waals surface area contributed by atoms with Crippen LogP contribution in [0.1, 0.15) is 34.1 Å². The molecule has 0 saturated carbocycles. The number of aliphatic hydroxyl groups is 2. The fourth-order valence-electron chi connectivity index (χ4n) is 1.72. The Bertz CT molecular complexity index is 273. The van der Waals surface area contributed by atoms with Gasteiger partial charge in [0.25, 0.3) is 0 Å². The number of nitrogens with two attached hydrogens (primary N) is 1. The van der Waals surface area contributed by atoms with E-state index in [0.717, 1.165) is 0 Å². The fourth-order valence-corrected chi connectivity index (χ4v) is 2.78. The van der Waals surface area contributed by atoms with Crippen molar-refractivity contribution in [1.29, 1.82) is 0 Å². The average molecular weight is 303 g/mol. The summed E-state index contributed by atoms with van der Waals surface area (Å²) in [7, 11) is -0.0626. The minimum Gasteiger partial charge on any atom is -0.417 e. The maximum atomic E-state index is 10.0. The maximum Gasteiger partial charge on any atom is 0.225 e. The summed E-state index contributed by atoms with van der Waals surface area (Å²) in [5, 5.41) is 22.2. The molecule has 0 saturated heterocycles. The van der Waals surface area contributed by atoms with E-state index in [0.29, 0.717) is 19.3 Å². The average Bonchev–Trinajstić information content (AvgIpc) is 2.30. The van der Waals surface area contributed by atoms with E-state index < -0.39 is 20.5 Å². The number of aliphatic hydroxyl groups excluding tert-OH is 2. The summed E-state index contributed by atoms with van der Waals surface area (Å²) >= 11 is 0. The molecule has 0 unspecified atom stereocenters. The van der Waals surface area contributed by atoms with Crippen LogP contribution < -0.4 is 11.2 Å². The van der Waals surface area contributed by atoms with Gasteiger partial charge in [0.2, 0.25) is 7.41 Å². The first-order chi connectivity index (χ1) is 9.03. The van der Waals surface area contributed by atoms with Gasteiger partial charge in [-0.2, -0.15) is 0 Å². The molecule has 0 rings (SSSR count). The molecule has 119 valence electrons. The first-order valence-electron chi connectivity index (χ1n) is 7.31. The van der Waals surface area contributed by atoms with Crippen molar-refractivity contribution >= 4 is 15.7 Å². The van der Waals surface area contributed by atoms with Crippen molar-refractivity contribution in [3.8, 4) is 0 Å². The summed E-state index contributed by atoms with van der Waals surface area (Å²) in [6, 6.07) is 0. The number of nitrogens with one attached hydrogen (secondary N) is 1. The lowest BCUT2D eigenvalue weighted by molar-refractivity contribution is -0.00776. The molecule has 0 aromatic heterocycles. The lowest BCUT2D eigenvalue weighted by Crippen LogP contribution is -2.42. The predicted molar refractivity (Wildman–Crippen MR) is 86.8 cm³/mol. The summed E-state index contributed by atoms with van der Waals surface area (Å²) in [4.78, 5) is 0. The van der Waals surface area contributed by atoms with Crippen LogP contribution in [0, 0.1) is 5.92 Å². The molecule has 0 fully saturated rings. The molecule has 1 radical (unpaired) electrons. The zero-order valence-corrected chi connectivity index (χ0v) is 14.8. The van der Waals surface area contributed by atoms with Gasteiger partial charge >= 0.3 is 0 Å². The number of hydrazine groups is 1. The van der Waals surface area contributed by atoms with Crippen molar-refractivity contribution in [1.82, 2.24) is 5.34 Å². The van der Waals surface area contributed by atoms with Crippen molar-refractivity contribution in [2.24, 2.45) is 11.8 Å². The fraction of sp³-hybridized carbons (Fsp3) is 1.00. The Balaban J connectivity index is 4.40. The molecule has 0 aromatic rings. The van der Waals surface area contributed by atoms with Gasteiger partial charge in [-0.15, -0.1) is 0 Å². The molecule has 0 aliphatic rings. The van der Waals surface area contributed by atoms with E-state index in [2.05, 4.69) is 39.2 Å². The normalized spacial score (nSPS) is 17.6. The van der Waals surface area contributed by atoms with Crippen molar-refractivity contribution in [3.05, 3.63) is 0 Å². The van der Waals surface area contributed by atoms with Crippen LogP contribution in [0.4, 0.5) is 0 Å². The molecule has 0 aromatic carbocycles. The van der Waals surface area contributed by atoms with Gasteiger partial charge in [0.1, 0.15) is 0 Å². The summed E-state index contributed by atoms with van der Waals surface area (Å²) in [6.07, 6.45) is -0.207. The lowest BCUT2D eigenvalue weighted by atomic mass is 9.76. The minimum absolute atomic E-state index is 0.0594. The Labute approximate surface area is 125 Å². The smallest absolute Gasteiger partial charge is 0.225 e. The summed E-state index contributed by atoms with van der Waals surface area (Å²) in [5.41, 5.74) is 0. The van der Waals surface area contributed by atoms with Crippen LogP contribution in [0.3, 0.4) is 0 Å². The topological polar surface area (TPSA) is 87.7 Å². The third-order valence-corrected chi connectivity index (χ3v) is 8.81. The van der Waals surface area contributed by atoms with Gasteiger partial charge in [-0.3, -0.25) is 5.84 Å². The Morgan fingerprint density at radius 3 is 2.25 bits per heavy atom. The highest BCUT2D eigenvalue weighted by Crippen LogP contribution is 2.36. The van der Waals surface area contributed by atoms with Crippen molar-refractivity contribution < 1.29 is 14.6 Å². The van der Waals surface area contributed by atoms with Gasteiger partial charge in [-0.05, 0) is 37.4 Å². The molecule has 20 heavy (non-hydrogen) atoms. The van der Waals surface area contributed by atoms with Crippen molar-refractivity contribution in [2.75, 3.05) is 6.61 Å². The second-order valence-corrected chi connectivity index (χ2v) is 11.8. The van der Waals surface area contributed by atoms with Crippen molar-refractivity contribution in [3.63, 3.8) is 0 Å². The highest BCUT2D eigenvalue weighted by atomic mass is 28.4. The van der Waals surface area contributed by atoms with Crippen LogP contribution in [0.2, 0.25) is 24.5 Å². The highest BCUT2D eigenvalue weighted by molar-refractivity contribution is 6.74. The van der Waals surface area contributed by atoms with E-state index in [1.54, 1.807) is 14.3 Å². The SMILES string of the molecule is C[C@@H](O)[C@@H](O)[C@@H](C[B]NN)CCO[Si](C)(C)C(C)(C)C. The monoisotopic (exact) mass is 303 g/mol. The van der Waals surface area contributed by atoms with Gasteiger partial charge in [-0.1, -0.05) is 27.1 Å². The van der Waals surface area contributed by atoms with E-state index in [4.69, 9.17) is 10.3 Å². The largest absolute Gasteiger partial charge is 0.417 e. The third kappa shape index (κ3) is 6.69. The molecule has 0 aliphatic carbocycles. The summed E-state index contributed by atoms with van der Waals surface area (Å²) in [6.45, 7) is 13.2. The Kier molecular flexibility index (Phi) is 8.54. The van der Waals surface area contributed by atoms with E-state index in [1.165, 1.54) is 0 Å². The molecule has 0 spiro atoms. The molecule has 7 heteroatoms. The zero-order valence-electron chi connectivity index (χ0n) is 13.8. The van der Waals surface area contributed by atoms with Crippen LogP contribution in [0.15, 0.2) is 0 Å². The maximum absolute atomic E-state index is 10.0. The van der Waals surface area contributed by atoms with Gasteiger partial charge in [0.15, 0.2) is 8.32 Å². The summed E-state index contributed by atoms with van der Waals surface area (Å²) in [5.74, 6) is 5.17. The second kappa shape index (κ2) is 8.51. The molecule has 0 amide bonds. The molecule has 0 aliphatic heterocycles. The van der Waals surface area contributed by atoms with Crippen LogP contribution in [0.5, 0.6) is 0 Å². The Morgan fingerprint density at radius 2 is 1.85 bits per heavy atom. The van der Waals surface area contributed by atoms with E-state index in [1.807, 2.05) is 0 Å². The van der Waals surface area contributed by atoms with E-state index >= 15 is 0 Å². The molecule has 3 atom stereocenters. The number of hydrogen-bond acceptors (Lipinski definition) is 5. The van der Waals surface area contributed by atoms with Gasteiger partial charge in [0, 0.05) is 6.61 Å². The Morgan fingerprint density at radius 1 is 1.30 bits per heavy atom. The zero-order chi connectivity index (χ0) is 16.0. The predicted octanol–water partition coefficient (Wildman–Crippen LogP) is 1.26. The minimum atomic E-state index is -1.76. The Hall–Kier alpha value is 0.0818. The number of rotatable bonds is 9. The number of hydrogen-bond donors (Lipinski definition) is 4. The van der Waals surface area contributed by atoms with Gasteiger partial charge < -0.3 is 20.0 Å². The van der Waals surface area contributed by atoms with Crippen LogP contribution in [-0.4, -0.2) is 44.8 Å². The quantitative estimate of drug-likeness (QED) is 0.293. The molecule has 0 bridgehead atoms. The molecule has 0 heterocycles. The van der Waals surface area contributed by atoms with Gasteiger partial charge in [-0.25, -0.2) is 0 Å². The van der Waals surface area contributed by atoms with E-state index in [-0.39, 0.29) is 11.0 Å². The first-order valence-corrected chi connectivity index (χ1v) is 10.2. The first kappa shape index (κ1) is 20.1. The van der Waals surface area contributed by atoms with Crippen molar-refractivity contribution in [2.45, 2.75) is 70.8 Å². The van der Waals surface area contributed by atoms with E-state index in [9.17, 15) is 10.2 Å². The third-order valence-electron chi connectivity index (χ3n) is 4.27. The van der Waals surface area contributed by atoms with Crippen LogP contribution >= 0.6 is 0 Å². The lowest BCUT2D eigenvalue weighted by Gasteiger charge is -2.37. The molecular formula is C13H32BN2O3Si. The standard InChI is InChI=1S/C13H32BN2O3Si/c1-10(17)12(18)11(9-14-16-15)7-8-19-20(5,6)13(2,3)4/h10-12,16-18H,7-9,15H2,1-6H3/t10-,11-,12-/m1/s1. The van der Waals surface area contributed by atoms with Crippen LogP contribution in [-0.2, 0) is 4.43 Å². The second-order valence-electron chi connectivity index (χ2n) is 7.00. The molecular weight excluding hydrogens is 271 g/mol. The molecule has 5 nitrogen and oxygen atoms in total. The molecule has 5 N–H and O–H groups in total. The summed E-state index contributed by atoms with van der Waals surface area (Å²) < 4.78 is 6.11.